The Labute approximate surface area is 198 Å². The van der Waals surface area contributed by atoms with E-state index in [1.54, 1.807) is 23.4 Å². The molecule has 2 N–H and O–H groups in total. The van der Waals surface area contributed by atoms with E-state index in [-0.39, 0.29) is 18.4 Å². The highest BCUT2D eigenvalue weighted by Gasteiger charge is 2.45. The van der Waals surface area contributed by atoms with Gasteiger partial charge in [0.15, 0.2) is 12.0 Å². The largest absolute Gasteiger partial charge is 0.463 e. The maximum atomic E-state index is 12.1. The summed E-state index contributed by atoms with van der Waals surface area (Å²) in [6.45, 7) is 3.62. The predicted molar refractivity (Wildman–Crippen MR) is 127 cm³/mol. The molecule has 7 heteroatoms. The van der Waals surface area contributed by atoms with Crippen LogP contribution < -0.4 is 0 Å². The molecule has 188 valence electrons. The third-order valence-electron chi connectivity index (χ3n) is 6.40. The number of ether oxygens (including phenoxy) is 2. The summed E-state index contributed by atoms with van der Waals surface area (Å²) >= 11 is 0. The lowest BCUT2D eigenvalue weighted by Gasteiger charge is -2.28. The molecule has 4 atom stereocenters. The minimum absolute atomic E-state index is 0.0507. The Morgan fingerprint density at radius 1 is 1.00 bits per heavy atom. The molecule has 0 aromatic heterocycles. The fourth-order valence-corrected chi connectivity index (χ4v) is 4.26. The Morgan fingerprint density at radius 2 is 1.61 bits per heavy atom. The molecular weight excluding hydrogens is 422 g/mol. The Bertz CT molecular complexity index is 661. The first-order chi connectivity index (χ1) is 15.9. The first-order valence-electron chi connectivity index (χ1n) is 12.8. The smallest absolute Gasteiger partial charge is 0.305 e. The number of hydrogen-bond donors (Lipinski definition) is 2. The molecule has 33 heavy (non-hydrogen) atoms. The highest BCUT2D eigenvalue weighted by atomic mass is 16.6. The van der Waals surface area contributed by atoms with Crippen molar-refractivity contribution in [3.63, 3.8) is 0 Å². The molecular formula is C26H43NO6. The van der Waals surface area contributed by atoms with Crippen LogP contribution in [0.2, 0.25) is 0 Å². The van der Waals surface area contributed by atoms with Gasteiger partial charge in [0.1, 0.15) is 24.9 Å². The van der Waals surface area contributed by atoms with Crippen molar-refractivity contribution >= 4 is 11.8 Å². The molecule has 0 aliphatic carbocycles. The van der Waals surface area contributed by atoms with Gasteiger partial charge in [-0.2, -0.15) is 0 Å². The van der Waals surface area contributed by atoms with E-state index in [4.69, 9.17) is 9.47 Å². The number of ketones is 1. The minimum atomic E-state index is -1.17. The Kier molecular flexibility index (Phi) is 12.7. The monoisotopic (exact) mass is 465 g/mol. The number of carbonyl (C=O) groups is 2. The van der Waals surface area contributed by atoms with Gasteiger partial charge in [0.25, 0.3) is 0 Å². The van der Waals surface area contributed by atoms with E-state index in [1.807, 2.05) is 0 Å². The number of rotatable bonds is 16. The summed E-state index contributed by atoms with van der Waals surface area (Å²) in [6, 6.07) is 0. The van der Waals surface area contributed by atoms with Gasteiger partial charge in [-0.15, -0.1) is 0 Å². The zero-order chi connectivity index (χ0) is 24.1. The van der Waals surface area contributed by atoms with Gasteiger partial charge in [-0.3, -0.25) is 9.59 Å². The summed E-state index contributed by atoms with van der Waals surface area (Å²) in [5.41, 5.74) is 0.602. The van der Waals surface area contributed by atoms with Gasteiger partial charge in [0.2, 0.25) is 0 Å². The van der Waals surface area contributed by atoms with Crippen molar-refractivity contribution in [2.45, 2.75) is 122 Å². The Balaban J connectivity index is 1.58. The van der Waals surface area contributed by atoms with E-state index in [1.165, 1.54) is 58.3 Å². The third-order valence-corrected chi connectivity index (χ3v) is 6.40. The van der Waals surface area contributed by atoms with Crippen molar-refractivity contribution in [2.24, 2.45) is 0 Å². The zero-order valence-corrected chi connectivity index (χ0v) is 20.4. The van der Waals surface area contributed by atoms with Gasteiger partial charge in [0.05, 0.1) is 0 Å². The van der Waals surface area contributed by atoms with Crippen LogP contribution in [0.3, 0.4) is 0 Å². The summed E-state index contributed by atoms with van der Waals surface area (Å²) in [4.78, 5) is 25.3. The molecule has 1 saturated heterocycles. The fraction of sp³-hybridized carbons (Fsp3) is 0.769. The molecule has 1 fully saturated rings. The van der Waals surface area contributed by atoms with Crippen LogP contribution in [0, 0.1) is 0 Å². The molecule has 0 saturated carbocycles. The summed E-state index contributed by atoms with van der Waals surface area (Å²) in [5.74, 6) is -0.360. The molecule has 0 amide bonds. The molecule has 2 rings (SSSR count). The van der Waals surface area contributed by atoms with E-state index in [0.29, 0.717) is 18.4 Å². The molecule has 0 bridgehead atoms. The van der Waals surface area contributed by atoms with Crippen LogP contribution >= 0.6 is 0 Å². The van der Waals surface area contributed by atoms with Crippen molar-refractivity contribution in [2.75, 3.05) is 6.61 Å². The average molecular weight is 466 g/mol. The fourth-order valence-electron chi connectivity index (χ4n) is 4.26. The second-order valence-electron chi connectivity index (χ2n) is 9.26. The Morgan fingerprint density at radius 3 is 2.21 bits per heavy atom. The first kappa shape index (κ1) is 27.5. The van der Waals surface area contributed by atoms with Crippen LogP contribution in [0.1, 0.15) is 97.3 Å². The molecule has 7 nitrogen and oxygen atoms in total. The van der Waals surface area contributed by atoms with Crippen molar-refractivity contribution in [3.05, 3.63) is 24.0 Å². The van der Waals surface area contributed by atoms with Crippen LogP contribution in [0.15, 0.2) is 24.0 Å². The van der Waals surface area contributed by atoms with E-state index < -0.39 is 24.5 Å². The number of Topliss-reactive ketones (excluding diaryl/α,β-unsaturated/α-hetero) is 1. The van der Waals surface area contributed by atoms with E-state index in [0.717, 1.165) is 19.3 Å². The number of esters is 1. The predicted octanol–water partition coefficient (Wildman–Crippen LogP) is 4.37. The van der Waals surface area contributed by atoms with Crippen LogP contribution in [0.5, 0.6) is 0 Å². The molecule has 0 unspecified atom stereocenters. The van der Waals surface area contributed by atoms with Gasteiger partial charge in [0, 0.05) is 24.4 Å². The minimum Gasteiger partial charge on any atom is -0.463 e. The van der Waals surface area contributed by atoms with Crippen LogP contribution in [0.4, 0.5) is 0 Å². The third kappa shape index (κ3) is 9.59. The summed E-state index contributed by atoms with van der Waals surface area (Å²) in [5, 5.41) is 20.7. The average Bonchev–Trinajstić information content (AvgIpc) is 3.10. The maximum absolute atomic E-state index is 12.1. The zero-order valence-electron chi connectivity index (χ0n) is 20.4. The second-order valence-corrected chi connectivity index (χ2v) is 9.26. The van der Waals surface area contributed by atoms with Crippen molar-refractivity contribution in [3.8, 4) is 0 Å². The van der Waals surface area contributed by atoms with E-state index >= 15 is 0 Å². The maximum Gasteiger partial charge on any atom is 0.305 e. The number of unbranched alkanes of at least 4 members (excludes halogenated alkanes) is 10. The van der Waals surface area contributed by atoms with Crippen molar-refractivity contribution in [1.82, 2.24) is 4.90 Å². The van der Waals surface area contributed by atoms with Crippen LogP contribution in [-0.2, 0) is 19.1 Å². The Hall–Kier alpha value is -1.70. The summed E-state index contributed by atoms with van der Waals surface area (Å²) < 4.78 is 11.0. The van der Waals surface area contributed by atoms with Gasteiger partial charge in [-0.1, -0.05) is 77.2 Å². The lowest BCUT2D eigenvalue weighted by molar-refractivity contribution is -0.150. The van der Waals surface area contributed by atoms with Crippen molar-refractivity contribution < 1.29 is 29.3 Å². The number of hydrogen-bond acceptors (Lipinski definition) is 7. The van der Waals surface area contributed by atoms with Gasteiger partial charge >= 0.3 is 5.97 Å². The normalized spacial score (nSPS) is 24.7. The number of nitrogens with zero attached hydrogens (tertiary/aromatic N) is 1. The molecule has 2 aliphatic heterocycles. The highest BCUT2D eigenvalue weighted by molar-refractivity contribution is 5.93. The number of carbonyl (C=O) groups excluding carboxylic acids is 2. The van der Waals surface area contributed by atoms with E-state index in [9.17, 15) is 19.8 Å². The van der Waals surface area contributed by atoms with Gasteiger partial charge < -0.3 is 24.6 Å². The van der Waals surface area contributed by atoms with Gasteiger partial charge in [-0.25, -0.2) is 0 Å². The van der Waals surface area contributed by atoms with E-state index in [2.05, 4.69) is 6.92 Å². The lowest BCUT2D eigenvalue weighted by Crippen LogP contribution is -2.40. The summed E-state index contributed by atoms with van der Waals surface area (Å²) in [7, 11) is 0. The molecule has 0 spiro atoms. The highest BCUT2D eigenvalue weighted by Crippen LogP contribution is 2.27. The van der Waals surface area contributed by atoms with Gasteiger partial charge in [-0.05, 0) is 19.8 Å². The SMILES string of the molecule is CCCCCCCCCCCCCC(=O)OC[C@H]1O[C@@H](N2C=CCC(C(C)=O)=C2)[C@H](O)[C@@H]1O. The molecule has 0 aromatic rings. The quantitative estimate of drug-likeness (QED) is 0.258. The molecule has 0 aromatic carbocycles. The second kappa shape index (κ2) is 15.3. The standard InChI is InChI=1S/C26H43NO6/c1-3-4-5-6-7-8-9-10-11-12-13-16-23(29)32-19-22-24(30)25(31)26(33-22)27-17-14-15-21(18-27)20(2)28/h14,17-18,22,24-26,30-31H,3-13,15-16,19H2,1-2H3/t22-,24-,25-,26-/m1/s1. The number of allylic oxidation sites excluding steroid dienone is 2. The first-order valence-corrected chi connectivity index (χ1v) is 12.8. The van der Waals surface area contributed by atoms with Crippen LogP contribution in [0.25, 0.3) is 0 Å². The number of aliphatic hydroxyl groups excluding tert-OH is 2. The number of aliphatic hydroxyl groups is 2. The lowest BCUT2D eigenvalue weighted by atomic mass is 10.1. The van der Waals surface area contributed by atoms with Crippen molar-refractivity contribution in [1.29, 1.82) is 0 Å². The molecule has 0 radical (unpaired) electrons. The van der Waals surface area contributed by atoms with Crippen LogP contribution in [-0.4, -0.2) is 58.0 Å². The topological polar surface area (TPSA) is 96.3 Å². The molecule has 2 heterocycles. The molecule has 2 aliphatic rings. The summed E-state index contributed by atoms with van der Waals surface area (Å²) in [6.07, 6.45) is 15.5.